The quantitative estimate of drug-likeness (QED) is 0.572. The van der Waals surface area contributed by atoms with E-state index in [1.807, 2.05) is 36.4 Å². The van der Waals surface area contributed by atoms with E-state index in [2.05, 4.69) is 15.1 Å². The number of fused-ring (bicyclic) bond motifs is 3. The standard InChI is InChI=1S/C15H10N4O/c20-15-11-3-1-2-4-13(11)19-14(17-15)9-12(18-19)10-5-7-16-8-6-10/h1-9H,(H,17,20). The van der Waals surface area contributed by atoms with Crippen molar-refractivity contribution in [3.8, 4) is 11.3 Å². The van der Waals surface area contributed by atoms with Crippen LogP contribution < -0.4 is 5.56 Å². The fourth-order valence-electron chi connectivity index (χ4n) is 2.35. The van der Waals surface area contributed by atoms with E-state index in [-0.39, 0.29) is 5.56 Å². The number of pyridine rings is 1. The molecule has 0 spiro atoms. The Morgan fingerprint density at radius 3 is 2.70 bits per heavy atom. The normalized spacial score (nSPS) is 11.2. The lowest BCUT2D eigenvalue weighted by atomic mass is 10.2. The number of rotatable bonds is 1. The number of aromatic nitrogens is 4. The van der Waals surface area contributed by atoms with Gasteiger partial charge < -0.3 is 4.98 Å². The highest BCUT2D eigenvalue weighted by Gasteiger charge is 2.09. The number of hydrogen-bond donors (Lipinski definition) is 1. The fraction of sp³-hybridized carbons (Fsp3) is 0. The second-order valence-corrected chi connectivity index (χ2v) is 4.53. The van der Waals surface area contributed by atoms with Gasteiger partial charge in [-0.15, -0.1) is 0 Å². The van der Waals surface area contributed by atoms with Crippen LogP contribution in [0.15, 0.2) is 59.7 Å². The predicted molar refractivity (Wildman–Crippen MR) is 76.5 cm³/mol. The second kappa shape index (κ2) is 4.03. The Labute approximate surface area is 113 Å². The Balaban J connectivity index is 2.10. The van der Waals surface area contributed by atoms with Crippen LogP contribution in [0.4, 0.5) is 0 Å². The van der Waals surface area contributed by atoms with Gasteiger partial charge in [0, 0.05) is 24.0 Å². The van der Waals surface area contributed by atoms with Crippen molar-refractivity contribution in [3.05, 3.63) is 65.2 Å². The molecular formula is C15H10N4O. The lowest BCUT2D eigenvalue weighted by Crippen LogP contribution is -2.09. The molecular weight excluding hydrogens is 252 g/mol. The molecule has 0 amide bonds. The van der Waals surface area contributed by atoms with E-state index >= 15 is 0 Å². The zero-order valence-electron chi connectivity index (χ0n) is 10.4. The van der Waals surface area contributed by atoms with Gasteiger partial charge in [-0.25, -0.2) is 4.52 Å². The molecule has 5 heteroatoms. The van der Waals surface area contributed by atoms with E-state index in [4.69, 9.17) is 0 Å². The topological polar surface area (TPSA) is 63.0 Å². The minimum Gasteiger partial charge on any atom is -0.306 e. The summed E-state index contributed by atoms with van der Waals surface area (Å²) < 4.78 is 1.76. The van der Waals surface area contributed by atoms with Crippen molar-refractivity contribution in [1.29, 1.82) is 0 Å². The molecule has 96 valence electrons. The molecule has 0 atom stereocenters. The first kappa shape index (κ1) is 10.9. The van der Waals surface area contributed by atoms with Gasteiger partial charge in [0.15, 0.2) is 0 Å². The minimum atomic E-state index is -0.103. The van der Waals surface area contributed by atoms with Crippen molar-refractivity contribution < 1.29 is 0 Å². The summed E-state index contributed by atoms with van der Waals surface area (Å²) in [5.74, 6) is 0. The highest BCUT2D eigenvalue weighted by molar-refractivity contribution is 5.81. The first-order valence-electron chi connectivity index (χ1n) is 6.24. The molecule has 4 rings (SSSR count). The van der Waals surface area contributed by atoms with E-state index in [0.29, 0.717) is 11.0 Å². The number of H-pyrrole nitrogens is 1. The summed E-state index contributed by atoms with van der Waals surface area (Å²) in [5.41, 5.74) is 3.15. The number of para-hydroxylation sites is 1. The molecule has 0 saturated heterocycles. The average molecular weight is 262 g/mol. The van der Waals surface area contributed by atoms with Crippen molar-refractivity contribution in [1.82, 2.24) is 19.6 Å². The zero-order chi connectivity index (χ0) is 13.5. The lowest BCUT2D eigenvalue weighted by Gasteiger charge is -1.99. The van der Waals surface area contributed by atoms with E-state index in [0.717, 1.165) is 16.8 Å². The number of benzene rings is 1. The maximum atomic E-state index is 12.0. The molecule has 5 nitrogen and oxygen atoms in total. The Kier molecular flexibility index (Phi) is 2.20. The monoisotopic (exact) mass is 262 g/mol. The largest absolute Gasteiger partial charge is 0.306 e. The minimum absolute atomic E-state index is 0.103. The maximum Gasteiger partial charge on any atom is 0.259 e. The van der Waals surface area contributed by atoms with Crippen LogP contribution in [0, 0.1) is 0 Å². The maximum absolute atomic E-state index is 12.0. The van der Waals surface area contributed by atoms with Crippen LogP contribution in [0.2, 0.25) is 0 Å². The van der Waals surface area contributed by atoms with Gasteiger partial charge in [0.2, 0.25) is 0 Å². The molecule has 0 radical (unpaired) electrons. The summed E-state index contributed by atoms with van der Waals surface area (Å²) in [4.78, 5) is 18.9. The van der Waals surface area contributed by atoms with Gasteiger partial charge in [0.1, 0.15) is 5.65 Å². The van der Waals surface area contributed by atoms with Gasteiger partial charge in [-0.3, -0.25) is 9.78 Å². The highest BCUT2D eigenvalue weighted by Crippen LogP contribution is 2.19. The molecule has 3 heterocycles. The average Bonchev–Trinajstić information content (AvgIpc) is 2.93. The SMILES string of the molecule is O=c1[nH]c2cc(-c3ccncc3)nn2c2ccccc12. The number of nitrogens with zero attached hydrogens (tertiary/aromatic N) is 3. The van der Waals surface area contributed by atoms with Crippen molar-refractivity contribution in [2.45, 2.75) is 0 Å². The molecule has 4 aromatic rings. The van der Waals surface area contributed by atoms with Crippen LogP contribution in [-0.2, 0) is 0 Å². The molecule has 0 aliphatic rings. The van der Waals surface area contributed by atoms with Crippen LogP contribution in [0.1, 0.15) is 0 Å². The van der Waals surface area contributed by atoms with Crippen LogP contribution >= 0.6 is 0 Å². The Bertz CT molecular complexity index is 969. The first-order chi connectivity index (χ1) is 9.83. The smallest absolute Gasteiger partial charge is 0.259 e. The van der Waals surface area contributed by atoms with Gasteiger partial charge in [-0.05, 0) is 24.3 Å². The lowest BCUT2D eigenvalue weighted by molar-refractivity contribution is 0.981. The third kappa shape index (κ3) is 1.53. The summed E-state index contributed by atoms with van der Waals surface area (Å²) in [6.07, 6.45) is 3.44. The molecule has 0 aliphatic heterocycles. The summed E-state index contributed by atoms with van der Waals surface area (Å²) >= 11 is 0. The van der Waals surface area contributed by atoms with E-state index < -0.39 is 0 Å². The molecule has 1 aromatic carbocycles. The Morgan fingerprint density at radius 1 is 1.05 bits per heavy atom. The molecule has 0 saturated carbocycles. The highest BCUT2D eigenvalue weighted by atomic mass is 16.1. The number of nitrogens with one attached hydrogen (secondary N) is 1. The molecule has 0 fully saturated rings. The molecule has 0 bridgehead atoms. The third-order valence-electron chi connectivity index (χ3n) is 3.30. The van der Waals surface area contributed by atoms with Gasteiger partial charge in [0.25, 0.3) is 5.56 Å². The third-order valence-corrected chi connectivity index (χ3v) is 3.30. The van der Waals surface area contributed by atoms with Crippen molar-refractivity contribution in [2.24, 2.45) is 0 Å². The summed E-state index contributed by atoms with van der Waals surface area (Å²) in [6.45, 7) is 0. The Hall–Kier alpha value is -2.95. The molecule has 3 aromatic heterocycles. The van der Waals surface area contributed by atoms with E-state index in [9.17, 15) is 4.79 Å². The summed E-state index contributed by atoms with van der Waals surface area (Å²) in [7, 11) is 0. The molecule has 1 N–H and O–H groups in total. The van der Waals surface area contributed by atoms with Crippen molar-refractivity contribution >= 4 is 16.6 Å². The zero-order valence-corrected chi connectivity index (χ0v) is 10.4. The summed E-state index contributed by atoms with van der Waals surface area (Å²) in [5, 5.41) is 5.20. The van der Waals surface area contributed by atoms with Gasteiger partial charge >= 0.3 is 0 Å². The van der Waals surface area contributed by atoms with Crippen molar-refractivity contribution in [2.75, 3.05) is 0 Å². The Morgan fingerprint density at radius 2 is 1.85 bits per heavy atom. The van der Waals surface area contributed by atoms with Crippen molar-refractivity contribution in [3.63, 3.8) is 0 Å². The van der Waals surface area contributed by atoms with Gasteiger partial charge in [-0.1, -0.05) is 12.1 Å². The summed E-state index contributed by atoms with van der Waals surface area (Å²) in [6, 6.07) is 13.1. The number of aromatic amines is 1. The molecule has 20 heavy (non-hydrogen) atoms. The molecule has 0 aliphatic carbocycles. The van der Waals surface area contributed by atoms with Crippen LogP contribution in [-0.4, -0.2) is 19.6 Å². The van der Waals surface area contributed by atoms with Crippen LogP contribution in [0.3, 0.4) is 0 Å². The molecule has 0 unspecified atom stereocenters. The van der Waals surface area contributed by atoms with Crippen LogP contribution in [0.25, 0.3) is 27.8 Å². The van der Waals surface area contributed by atoms with Gasteiger partial charge in [-0.2, -0.15) is 5.10 Å². The second-order valence-electron chi connectivity index (χ2n) is 4.53. The van der Waals surface area contributed by atoms with Gasteiger partial charge in [0.05, 0.1) is 16.6 Å². The van der Waals surface area contributed by atoms with E-state index in [1.54, 1.807) is 23.0 Å². The first-order valence-corrected chi connectivity index (χ1v) is 6.24. The fourth-order valence-corrected chi connectivity index (χ4v) is 2.35. The van der Waals surface area contributed by atoms with E-state index in [1.165, 1.54) is 0 Å². The number of hydrogen-bond acceptors (Lipinski definition) is 3. The van der Waals surface area contributed by atoms with Crippen LogP contribution in [0.5, 0.6) is 0 Å². The predicted octanol–water partition coefficient (Wildman–Crippen LogP) is 2.24.